The van der Waals surface area contributed by atoms with E-state index in [1.807, 2.05) is 13.0 Å². The van der Waals surface area contributed by atoms with Gasteiger partial charge in [-0.05, 0) is 19.5 Å². The van der Waals surface area contributed by atoms with Gasteiger partial charge < -0.3 is 15.1 Å². The molecule has 1 aromatic rings. The molecule has 0 aromatic carbocycles. The highest BCUT2D eigenvalue weighted by Crippen LogP contribution is 2.07. The summed E-state index contributed by atoms with van der Waals surface area (Å²) < 4.78 is 5.19. The molecule has 13 heavy (non-hydrogen) atoms. The molecule has 1 heterocycles. The van der Waals surface area contributed by atoms with Crippen molar-refractivity contribution < 1.29 is 4.42 Å². The molecule has 0 fully saturated rings. The Hall–Kier alpha value is -0.800. The molecule has 0 aliphatic rings. The summed E-state index contributed by atoms with van der Waals surface area (Å²) in [7, 11) is 0. The van der Waals surface area contributed by atoms with Crippen LogP contribution < -0.4 is 10.6 Å². The molecule has 0 aliphatic heterocycles. The molecule has 2 N–H and O–H groups in total. The molecule has 0 atom stereocenters. The summed E-state index contributed by atoms with van der Waals surface area (Å²) in [6.45, 7) is 8.05. The van der Waals surface area contributed by atoms with Crippen molar-refractivity contribution in [2.24, 2.45) is 0 Å². The van der Waals surface area contributed by atoms with Gasteiger partial charge in [0.25, 0.3) is 0 Å². The summed E-state index contributed by atoms with van der Waals surface area (Å²) in [5.41, 5.74) is 1.25. The molecular formula is C10H18N2O. The van der Waals surface area contributed by atoms with Crippen molar-refractivity contribution in [2.75, 3.05) is 19.6 Å². The summed E-state index contributed by atoms with van der Waals surface area (Å²) in [6, 6.07) is 2.01. The fraction of sp³-hybridized carbons (Fsp3) is 0.600. The third kappa shape index (κ3) is 3.61. The maximum atomic E-state index is 5.19. The normalized spacial score (nSPS) is 10.6. The Bertz CT molecular complexity index is 233. The topological polar surface area (TPSA) is 37.2 Å². The molecule has 0 radical (unpaired) electrons. The number of hydrogen-bond acceptors (Lipinski definition) is 3. The number of hydrogen-bond donors (Lipinski definition) is 2. The van der Waals surface area contributed by atoms with Gasteiger partial charge in [-0.2, -0.15) is 0 Å². The van der Waals surface area contributed by atoms with Gasteiger partial charge in [-0.25, -0.2) is 0 Å². The SMILES string of the molecule is CCNCCNCc1ccoc1C. The Labute approximate surface area is 79.5 Å². The van der Waals surface area contributed by atoms with Crippen LogP contribution in [0.3, 0.4) is 0 Å². The van der Waals surface area contributed by atoms with E-state index in [2.05, 4.69) is 17.6 Å². The van der Waals surface area contributed by atoms with E-state index in [1.165, 1.54) is 5.56 Å². The summed E-state index contributed by atoms with van der Waals surface area (Å²) in [4.78, 5) is 0. The van der Waals surface area contributed by atoms with Gasteiger partial charge in [0.1, 0.15) is 5.76 Å². The van der Waals surface area contributed by atoms with E-state index < -0.39 is 0 Å². The van der Waals surface area contributed by atoms with Crippen LogP contribution in [0, 0.1) is 6.92 Å². The highest BCUT2D eigenvalue weighted by atomic mass is 16.3. The quantitative estimate of drug-likeness (QED) is 0.651. The first-order chi connectivity index (χ1) is 6.34. The van der Waals surface area contributed by atoms with Gasteiger partial charge in [-0.3, -0.25) is 0 Å². The number of rotatable bonds is 6. The maximum absolute atomic E-state index is 5.19. The van der Waals surface area contributed by atoms with Gasteiger partial charge in [0.15, 0.2) is 0 Å². The van der Waals surface area contributed by atoms with Crippen molar-refractivity contribution in [2.45, 2.75) is 20.4 Å². The summed E-state index contributed by atoms with van der Waals surface area (Å²) in [5, 5.41) is 6.60. The zero-order valence-electron chi connectivity index (χ0n) is 8.39. The van der Waals surface area contributed by atoms with Gasteiger partial charge in [0, 0.05) is 25.2 Å². The molecule has 0 saturated heterocycles. The van der Waals surface area contributed by atoms with Gasteiger partial charge in [0.05, 0.1) is 6.26 Å². The molecule has 0 unspecified atom stereocenters. The second-order valence-corrected chi connectivity index (χ2v) is 3.03. The van der Waals surface area contributed by atoms with E-state index in [1.54, 1.807) is 6.26 Å². The summed E-state index contributed by atoms with van der Waals surface area (Å²) in [5.74, 6) is 1.01. The lowest BCUT2D eigenvalue weighted by atomic mass is 10.2. The smallest absolute Gasteiger partial charge is 0.105 e. The van der Waals surface area contributed by atoms with Crippen LogP contribution in [0.25, 0.3) is 0 Å². The van der Waals surface area contributed by atoms with Crippen molar-refractivity contribution in [3.05, 3.63) is 23.7 Å². The monoisotopic (exact) mass is 182 g/mol. The minimum Gasteiger partial charge on any atom is -0.469 e. The largest absolute Gasteiger partial charge is 0.469 e. The lowest BCUT2D eigenvalue weighted by Gasteiger charge is -2.03. The fourth-order valence-electron chi connectivity index (χ4n) is 1.17. The maximum Gasteiger partial charge on any atom is 0.105 e. The Kier molecular flexibility index (Phi) is 4.57. The fourth-order valence-corrected chi connectivity index (χ4v) is 1.17. The van der Waals surface area contributed by atoms with Gasteiger partial charge in [-0.15, -0.1) is 0 Å². The van der Waals surface area contributed by atoms with E-state index in [0.29, 0.717) is 0 Å². The molecule has 1 aromatic heterocycles. The average molecular weight is 182 g/mol. The van der Waals surface area contributed by atoms with Crippen LogP contribution in [0.5, 0.6) is 0 Å². The van der Waals surface area contributed by atoms with Gasteiger partial charge >= 0.3 is 0 Å². The van der Waals surface area contributed by atoms with Crippen molar-refractivity contribution >= 4 is 0 Å². The Morgan fingerprint density at radius 2 is 2.08 bits per heavy atom. The van der Waals surface area contributed by atoms with Crippen LogP contribution in [0.1, 0.15) is 18.2 Å². The zero-order chi connectivity index (χ0) is 9.52. The van der Waals surface area contributed by atoms with Crippen molar-refractivity contribution in [1.29, 1.82) is 0 Å². The molecule has 0 bridgehead atoms. The van der Waals surface area contributed by atoms with Crippen LogP contribution >= 0.6 is 0 Å². The zero-order valence-corrected chi connectivity index (χ0v) is 8.39. The minimum absolute atomic E-state index is 0.897. The van der Waals surface area contributed by atoms with Crippen molar-refractivity contribution in [1.82, 2.24) is 10.6 Å². The second kappa shape index (κ2) is 5.78. The van der Waals surface area contributed by atoms with Crippen LogP contribution in [-0.4, -0.2) is 19.6 Å². The van der Waals surface area contributed by atoms with Crippen molar-refractivity contribution in [3.63, 3.8) is 0 Å². The predicted octanol–water partition coefficient (Wildman–Crippen LogP) is 1.29. The van der Waals surface area contributed by atoms with E-state index in [0.717, 1.165) is 31.9 Å². The molecule has 0 amide bonds. The number of furan rings is 1. The van der Waals surface area contributed by atoms with E-state index >= 15 is 0 Å². The lowest BCUT2D eigenvalue weighted by Crippen LogP contribution is -2.26. The van der Waals surface area contributed by atoms with Gasteiger partial charge in [0.2, 0.25) is 0 Å². The highest BCUT2D eigenvalue weighted by Gasteiger charge is 1.98. The van der Waals surface area contributed by atoms with Crippen molar-refractivity contribution in [3.8, 4) is 0 Å². The molecule has 0 saturated carbocycles. The first-order valence-electron chi connectivity index (χ1n) is 4.79. The Morgan fingerprint density at radius 3 is 2.69 bits per heavy atom. The lowest BCUT2D eigenvalue weighted by molar-refractivity contribution is 0.525. The van der Waals surface area contributed by atoms with Crippen LogP contribution in [0.2, 0.25) is 0 Å². The Morgan fingerprint density at radius 1 is 1.31 bits per heavy atom. The number of nitrogens with one attached hydrogen (secondary N) is 2. The molecule has 0 aliphatic carbocycles. The number of likely N-dealkylation sites (N-methyl/N-ethyl adjacent to an activating group) is 1. The Balaban J connectivity index is 2.10. The first-order valence-corrected chi connectivity index (χ1v) is 4.79. The summed E-state index contributed by atoms with van der Waals surface area (Å²) in [6.07, 6.45) is 1.73. The second-order valence-electron chi connectivity index (χ2n) is 3.03. The average Bonchev–Trinajstić information content (AvgIpc) is 2.52. The molecule has 3 heteroatoms. The van der Waals surface area contributed by atoms with Crippen LogP contribution in [0.4, 0.5) is 0 Å². The number of aryl methyl sites for hydroxylation is 1. The molecule has 1 rings (SSSR count). The standard InChI is InChI=1S/C10H18N2O/c1-3-11-5-6-12-8-10-4-7-13-9(10)2/h4,7,11-12H,3,5-6,8H2,1-2H3. The molecule has 0 spiro atoms. The van der Waals surface area contributed by atoms with E-state index in [9.17, 15) is 0 Å². The summed E-state index contributed by atoms with van der Waals surface area (Å²) >= 11 is 0. The third-order valence-corrected chi connectivity index (χ3v) is 2.01. The minimum atomic E-state index is 0.897. The van der Waals surface area contributed by atoms with Crippen LogP contribution in [-0.2, 0) is 6.54 Å². The highest BCUT2D eigenvalue weighted by molar-refractivity contribution is 5.14. The molecular weight excluding hydrogens is 164 g/mol. The van der Waals surface area contributed by atoms with E-state index in [-0.39, 0.29) is 0 Å². The predicted molar refractivity (Wildman–Crippen MR) is 53.7 cm³/mol. The first kappa shape index (κ1) is 10.3. The third-order valence-electron chi connectivity index (χ3n) is 2.01. The van der Waals surface area contributed by atoms with Crippen LogP contribution in [0.15, 0.2) is 16.7 Å². The molecule has 3 nitrogen and oxygen atoms in total. The van der Waals surface area contributed by atoms with Gasteiger partial charge in [-0.1, -0.05) is 6.92 Å². The van der Waals surface area contributed by atoms with E-state index in [4.69, 9.17) is 4.42 Å². The molecule has 74 valence electrons.